The molecule has 0 bridgehead atoms. The molecule has 0 aromatic heterocycles. The van der Waals surface area contributed by atoms with Crippen LogP contribution in [-0.2, 0) is 9.84 Å². The molecule has 1 aliphatic rings. The summed E-state index contributed by atoms with van der Waals surface area (Å²) in [5, 5.41) is 0. The molecule has 130 valence electrons. The first-order valence-corrected chi connectivity index (χ1v) is 9.18. The Hall–Kier alpha value is -1.38. The number of sulfone groups is 1. The molecule has 0 aliphatic carbocycles. The maximum atomic E-state index is 14.5. The number of likely N-dealkylation sites (tertiary alicyclic amines) is 1. The van der Waals surface area contributed by atoms with Crippen LogP contribution in [0.25, 0.3) is 0 Å². The molecular formula is C15H23FN2O4S. The van der Waals surface area contributed by atoms with E-state index in [0.717, 1.165) is 19.2 Å². The van der Waals surface area contributed by atoms with E-state index in [1.807, 2.05) is 7.05 Å². The van der Waals surface area contributed by atoms with Gasteiger partial charge in [0.25, 0.3) is 0 Å². The Bertz CT molecular complexity index is 693. The highest BCUT2D eigenvalue weighted by Crippen LogP contribution is 2.46. The van der Waals surface area contributed by atoms with Crippen molar-refractivity contribution in [3.05, 3.63) is 17.4 Å². The van der Waals surface area contributed by atoms with E-state index < -0.39 is 20.5 Å². The van der Waals surface area contributed by atoms with Crippen molar-refractivity contribution in [2.45, 2.75) is 17.4 Å². The van der Waals surface area contributed by atoms with Crippen molar-refractivity contribution in [1.82, 2.24) is 4.90 Å². The van der Waals surface area contributed by atoms with Gasteiger partial charge in [-0.15, -0.1) is 0 Å². The van der Waals surface area contributed by atoms with Gasteiger partial charge in [0.05, 0.1) is 14.2 Å². The lowest BCUT2D eigenvalue weighted by molar-refractivity contribution is 0.291. The third-order valence-electron chi connectivity index (χ3n) is 4.28. The van der Waals surface area contributed by atoms with E-state index in [1.54, 1.807) is 0 Å². The van der Waals surface area contributed by atoms with Gasteiger partial charge < -0.3 is 15.2 Å². The highest BCUT2D eigenvalue weighted by Gasteiger charge is 2.35. The second-order valence-electron chi connectivity index (χ2n) is 5.91. The summed E-state index contributed by atoms with van der Waals surface area (Å²) in [5.74, 6) is -0.360. The van der Waals surface area contributed by atoms with Gasteiger partial charge in [-0.05, 0) is 32.0 Å². The number of benzene rings is 1. The van der Waals surface area contributed by atoms with Crippen LogP contribution in [0.15, 0.2) is 11.0 Å². The Morgan fingerprint density at radius 1 is 1.35 bits per heavy atom. The Morgan fingerprint density at radius 3 is 2.39 bits per heavy atom. The number of hydrogen-bond acceptors (Lipinski definition) is 6. The first kappa shape index (κ1) is 18.0. The van der Waals surface area contributed by atoms with Gasteiger partial charge in [-0.3, -0.25) is 4.90 Å². The molecule has 0 saturated carbocycles. The van der Waals surface area contributed by atoms with Crippen molar-refractivity contribution in [2.24, 2.45) is 11.7 Å². The predicted molar refractivity (Wildman–Crippen MR) is 85.1 cm³/mol. The molecule has 0 radical (unpaired) electrons. The Kier molecular flexibility index (Phi) is 5.17. The number of nitrogens with two attached hydrogens (primary N) is 1. The minimum absolute atomic E-state index is 0.0883. The van der Waals surface area contributed by atoms with Crippen LogP contribution in [0.1, 0.15) is 18.0 Å². The lowest BCUT2D eigenvalue weighted by Gasteiger charge is -2.24. The third kappa shape index (κ3) is 3.29. The zero-order valence-corrected chi connectivity index (χ0v) is 14.6. The summed E-state index contributed by atoms with van der Waals surface area (Å²) in [5.41, 5.74) is 6.31. The summed E-state index contributed by atoms with van der Waals surface area (Å²) in [6.45, 7) is 1.34. The van der Waals surface area contributed by atoms with Crippen LogP contribution < -0.4 is 15.2 Å². The second kappa shape index (κ2) is 6.62. The molecule has 23 heavy (non-hydrogen) atoms. The van der Waals surface area contributed by atoms with E-state index in [1.165, 1.54) is 20.3 Å². The normalized spacial score (nSPS) is 22.3. The van der Waals surface area contributed by atoms with E-state index in [4.69, 9.17) is 15.2 Å². The lowest BCUT2D eigenvalue weighted by atomic mass is 9.98. The van der Waals surface area contributed by atoms with Crippen molar-refractivity contribution in [2.75, 3.05) is 40.6 Å². The summed E-state index contributed by atoms with van der Waals surface area (Å²) >= 11 is 0. The fourth-order valence-electron chi connectivity index (χ4n) is 3.24. The molecule has 2 rings (SSSR count). The SMILES string of the molecule is COc1c(C2CC(CN)CN2C)cc(F)c(S(C)(=O)=O)c1OC. The van der Waals surface area contributed by atoms with Gasteiger partial charge in [-0.25, -0.2) is 12.8 Å². The first-order chi connectivity index (χ1) is 10.7. The molecule has 2 N–H and O–H groups in total. The van der Waals surface area contributed by atoms with Gasteiger partial charge in [-0.2, -0.15) is 0 Å². The second-order valence-corrected chi connectivity index (χ2v) is 7.86. The number of rotatable bonds is 5. The van der Waals surface area contributed by atoms with E-state index >= 15 is 0 Å². The number of hydrogen-bond donors (Lipinski definition) is 1. The van der Waals surface area contributed by atoms with Crippen LogP contribution in [-0.4, -0.2) is 53.9 Å². The predicted octanol–water partition coefficient (Wildman–Crippen LogP) is 1.20. The summed E-state index contributed by atoms with van der Waals surface area (Å²) in [6.07, 6.45) is 1.70. The average molecular weight is 346 g/mol. The molecule has 2 atom stereocenters. The van der Waals surface area contributed by atoms with Gasteiger partial charge in [-0.1, -0.05) is 0 Å². The van der Waals surface area contributed by atoms with E-state index in [-0.39, 0.29) is 17.5 Å². The van der Waals surface area contributed by atoms with Crippen molar-refractivity contribution in [1.29, 1.82) is 0 Å². The van der Waals surface area contributed by atoms with Crippen molar-refractivity contribution in [3.63, 3.8) is 0 Å². The summed E-state index contributed by atoms with van der Waals surface area (Å²) in [4.78, 5) is 1.59. The molecule has 1 saturated heterocycles. The molecule has 8 heteroatoms. The minimum atomic E-state index is -3.79. The van der Waals surface area contributed by atoms with Gasteiger partial charge in [0.15, 0.2) is 21.3 Å². The standard InChI is InChI=1S/C15H23FN2O4S/c1-18-8-9(7-17)5-12(18)10-6-11(16)15(23(4,19)20)14(22-3)13(10)21-2/h6,9,12H,5,7-8,17H2,1-4H3. The van der Waals surface area contributed by atoms with Gasteiger partial charge >= 0.3 is 0 Å². The highest BCUT2D eigenvalue weighted by atomic mass is 32.2. The van der Waals surface area contributed by atoms with Gasteiger partial charge in [0.1, 0.15) is 10.7 Å². The monoisotopic (exact) mass is 346 g/mol. The molecular weight excluding hydrogens is 323 g/mol. The van der Waals surface area contributed by atoms with Crippen LogP contribution in [0.3, 0.4) is 0 Å². The Morgan fingerprint density at radius 2 is 1.96 bits per heavy atom. The molecule has 0 amide bonds. The molecule has 1 aliphatic heterocycles. The topological polar surface area (TPSA) is 81.9 Å². The van der Waals surface area contributed by atoms with Gasteiger partial charge in [0, 0.05) is 24.4 Å². The summed E-state index contributed by atoms with van der Waals surface area (Å²) < 4.78 is 48.9. The van der Waals surface area contributed by atoms with Crippen molar-refractivity contribution < 1.29 is 22.3 Å². The Balaban J connectivity index is 2.65. The van der Waals surface area contributed by atoms with Crippen LogP contribution in [0.2, 0.25) is 0 Å². The molecule has 1 heterocycles. The fourth-order valence-corrected chi connectivity index (χ4v) is 4.17. The minimum Gasteiger partial charge on any atom is -0.492 e. The third-order valence-corrected chi connectivity index (χ3v) is 5.40. The quantitative estimate of drug-likeness (QED) is 0.863. The van der Waals surface area contributed by atoms with Crippen LogP contribution >= 0.6 is 0 Å². The summed E-state index contributed by atoms with van der Waals surface area (Å²) in [6, 6.07) is 1.13. The Labute approximate surface area is 136 Å². The van der Waals surface area contributed by atoms with E-state index in [0.29, 0.717) is 18.0 Å². The molecule has 1 aromatic rings. The molecule has 1 fully saturated rings. The lowest BCUT2D eigenvalue weighted by Crippen LogP contribution is -2.21. The number of nitrogens with zero attached hydrogens (tertiary/aromatic N) is 1. The largest absolute Gasteiger partial charge is 0.492 e. The number of methoxy groups -OCH3 is 2. The van der Waals surface area contributed by atoms with Crippen molar-refractivity contribution in [3.8, 4) is 11.5 Å². The first-order valence-electron chi connectivity index (χ1n) is 7.29. The molecule has 1 aromatic carbocycles. The van der Waals surface area contributed by atoms with E-state index in [9.17, 15) is 12.8 Å². The molecule has 2 unspecified atom stereocenters. The average Bonchev–Trinajstić information content (AvgIpc) is 2.85. The summed E-state index contributed by atoms with van der Waals surface area (Å²) in [7, 11) is 0.853. The van der Waals surface area contributed by atoms with Gasteiger partial charge in [0.2, 0.25) is 0 Å². The van der Waals surface area contributed by atoms with Crippen LogP contribution in [0.5, 0.6) is 11.5 Å². The van der Waals surface area contributed by atoms with Crippen molar-refractivity contribution >= 4 is 9.84 Å². The van der Waals surface area contributed by atoms with Crippen LogP contribution in [0, 0.1) is 11.7 Å². The molecule has 0 spiro atoms. The zero-order chi connectivity index (χ0) is 17.4. The van der Waals surface area contributed by atoms with Crippen LogP contribution in [0.4, 0.5) is 4.39 Å². The molecule has 6 nitrogen and oxygen atoms in total. The zero-order valence-electron chi connectivity index (χ0n) is 13.8. The maximum Gasteiger partial charge on any atom is 0.182 e. The number of halogens is 1. The number of ether oxygens (including phenoxy) is 2. The van der Waals surface area contributed by atoms with E-state index in [2.05, 4.69) is 4.90 Å². The fraction of sp³-hybridized carbons (Fsp3) is 0.600. The maximum absolute atomic E-state index is 14.5. The highest BCUT2D eigenvalue weighted by molar-refractivity contribution is 7.90. The smallest absolute Gasteiger partial charge is 0.182 e.